The molecule has 2 aliphatic rings. The Morgan fingerprint density at radius 1 is 0.800 bits per heavy atom. The molecule has 2 N–H and O–H groups in total. The third kappa shape index (κ3) is 10.6. The Kier molecular flexibility index (Phi) is 11.7. The molecular weight excluding hydrogens is 460 g/mol. The van der Waals surface area contributed by atoms with Gasteiger partial charge in [-0.15, -0.1) is 0 Å². The number of aliphatic hydroxyl groups excluding tert-OH is 1. The summed E-state index contributed by atoms with van der Waals surface area (Å²) < 4.78 is 20.6. The van der Waals surface area contributed by atoms with Crippen molar-refractivity contribution < 1.29 is 43.5 Å². The van der Waals surface area contributed by atoms with Gasteiger partial charge in [-0.3, -0.25) is 4.90 Å². The van der Waals surface area contributed by atoms with Crippen molar-refractivity contribution in [3.05, 3.63) is 0 Å². The molecule has 2 amide bonds. The minimum atomic E-state index is -1.00. The van der Waals surface area contributed by atoms with E-state index in [0.717, 1.165) is 6.42 Å². The molecule has 2 aliphatic heterocycles. The minimum Gasteiger partial charge on any atom is -0.480 e. The largest absolute Gasteiger partial charge is 0.480 e. The molecule has 0 bridgehead atoms. The van der Waals surface area contributed by atoms with Crippen LogP contribution in [0.15, 0.2) is 0 Å². The number of amides is 2. The van der Waals surface area contributed by atoms with Gasteiger partial charge in [-0.05, 0) is 54.4 Å². The lowest BCUT2D eigenvalue weighted by molar-refractivity contribution is -0.142. The number of ether oxygens (including phenoxy) is 4. The van der Waals surface area contributed by atoms with Gasteiger partial charge in [-0.2, -0.15) is 0 Å². The van der Waals surface area contributed by atoms with E-state index in [-0.39, 0.29) is 30.6 Å². The lowest BCUT2D eigenvalue weighted by Crippen LogP contribution is -2.43. The SMILES string of the molecule is COC[C@H]1C[C@@H](C(=O)O)N(C(=O)OC(C)(C)C)C1.COC[C@H]1C[C@@H](CO)N(C(=O)OC(C)(C)C)C1. The van der Waals surface area contributed by atoms with Gasteiger partial charge in [0, 0.05) is 39.1 Å². The van der Waals surface area contributed by atoms with Gasteiger partial charge in [0.1, 0.15) is 17.2 Å². The number of carbonyl (C=O) groups excluding carboxylic acids is 2. The summed E-state index contributed by atoms with van der Waals surface area (Å²) in [6.45, 7) is 12.7. The van der Waals surface area contributed by atoms with Crippen LogP contribution in [-0.2, 0) is 23.7 Å². The molecule has 2 rings (SSSR count). The molecule has 0 aromatic rings. The summed E-state index contributed by atoms with van der Waals surface area (Å²) in [6.07, 6.45) is 0.245. The lowest BCUT2D eigenvalue weighted by Gasteiger charge is -2.27. The molecule has 0 aromatic heterocycles. The summed E-state index contributed by atoms with van der Waals surface area (Å²) in [5.41, 5.74) is -1.13. The van der Waals surface area contributed by atoms with Crippen LogP contribution in [0.4, 0.5) is 9.59 Å². The van der Waals surface area contributed by atoms with Gasteiger partial charge in [-0.1, -0.05) is 0 Å². The van der Waals surface area contributed by atoms with E-state index >= 15 is 0 Å². The first-order valence-electron chi connectivity index (χ1n) is 11.9. The van der Waals surface area contributed by atoms with Crippen molar-refractivity contribution in [3.8, 4) is 0 Å². The highest BCUT2D eigenvalue weighted by molar-refractivity contribution is 5.81. The highest BCUT2D eigenvalue weighted by Crippen LogP contribution is 2.26. The van der Waals surface area contributed by atoms with Crippen molar-refractivity contribution in [1.82, 2.24) is 9.80 Å². The summed E-state index contributed by atoms with van der Waals surface area (Å²) in [4.78, 5) is 37.9. The zero-order chi connectivity index (χ0) is 27.0. The molecule has 11 heteroatoms. The number of aliphatic carboxylic acids is 1. The number of hydrogen-bond donors (Lipinski definition) is 2. The highest BCUT2D eigenvalue weighted by Gasteiger charge is 2.41. The van der Waals surface area contributed by atoms with Gasteiger partial charge < -0.3 is 34.1 Å². The van der Waals surface area contributed by atoms with Crippen LogP contribution in [0.5, 0.6) is 0 Å². The quantitative estimate of drug-likeness (QED) is 0.559. The number of aliphatic hydroxyl groups is 1. The molecular formula is C24H44N2O9. The zero-order valence-electron chi connectivity index (χ0n) is 22.4. The molecule has 0 aliphatic carbocycles. The van der Waals surface area contributed by atoms with Crippen LogP contribution in [0, 0.1) is 11.8 Å². The Hall–Kier alpha value is -2.11. The second kappa shape index (κ2) is 13.3. The van der Waals surface area contributed by atoms with E-state index in [9.17, 15) is 19.5 Å². The number of hydrogen-bond acceptors (Lipinski definition) is 8. The average Bonchev–Trinajstić information content (AvgIpc) is 3.31. The fourth-order valence-corrected chi connectivity index (χ4v) is 4.12. The van der Waals surface area contributed by atoms with E-state index in [2.05, 4.69) is 0 Å². The first-order chi connectivity index (χ1) is 16.1. The van der Waals surface area contributed by atoms with Gasteiger partial charge in [0.05, 0.1) is 25.9 Å². The number of rotatable bonds is 6. The number of carboxylic acids is 1. The summed E-state index contributed by atoms with van der Waals surface area (Å²) in [6, 6.07) is -0.968. The number of nitrogens with zero attached hydrogens (tertiary/aromatic N) is 2. The van der Waals surface area contributed by atoms with Crippen LogP contribution >= 0.6 is 0 Å². The van der Waals surface area contributed by atoms with Gasteiger partial charge in [-0.25, -0.2) is 14.4 Å². The van der Waals surface area contributed by atoms with Crippen molar-refractivity contribution >= 4 is 18.2 Å². The van der Waals surface area contributed by atoms with Crippen LogP contribution < -0.4 is 0 Å². The van der Waals surface area contributed by atoms with Crippen molar-refractivity contribution in [1.29, 1.82) is 0 Å². The van der Waals surface area contributed by atoms with E-state index in [1.165, 1.54) is 4.90 Å². The number of carbonyl (C=O) groups is 3. The molecule has 0 unspecified atom stereocenters. The molecule has 0 aromatic carbocycles. The predicted octanol–water partition coefficient (Wildman–Crippen LogP) is 2.59. The standard InChI is InChI=1S/C12H21NO5.C12H23NO4/c1-12(2,3)18-11(16)13-6-8(7-17-4)5-9(13)10(14)15;1-12(2,3)17-11(15)13-6-9(8-16-4)5-10(13)7-14/h8-9H,5-7H2,1-4H3,(H,14,15);9-10,14H,5-8H2,1-4H3/t8-,9-;9-,10-/m00/s1. The Morgan fingerprint density at radius 3 is 1.63 bits per heavy atom. The van der Waals surface area contributed by atoms with Crippen LogP contribution in [0.2, 0.25) is 0 Å². The number of likely N-dealkylation sites (tertiary alicyclic amines) is 2. The Labute approximate surface area is 208 Å². The van der Waals surface area contributed by atoms with Crippen LogP contribution in [0.3, 0.4) is 0 Å². The maximum absolute atomic E-state index is 11.9. The predicted molar refractivity (Wildman–Crippen MR) is 128 cm³/mol. The molecule has 35 heavy (non-hydrogen) atoms. The molecule has 4 atom stereocenters. The second-order valence-corrected chi connectivity index (χ2v) is 11.1. The van der Waals surface area contributed by atoms with Crippen LogP contribution in [-0.4, -0.2) is 109 Å². The van der Waals surface area contributed by atoms with Crippen molar-refractivity contribution in [3.63, 3.8) is 0 Å². The van der Waals surface area contributed by atoms with Crippen molar-refractivity contribution in [2.75, 3.05) is 47.1 Å². The smallest absolute Gasteiger partial charge is 0.411 e. The first kappa shape index (κ1) is 30.9. The molecule has 2 fully saturated rings. The van der Waals surface area contributed by atoms with Crippen LogP contribution in [0.1, 0.15) is 54.4 Å². The maximum atomic E-state index is 11.9. The van der Waals surface area contributed by atoms with Crippen molar-refractivity contribution in [2.24, 2.45) is 11.8 Å². The molecule has 0 radical (unpaired) electrons. The Bertz CT molecular complexity index is 702. The van der Waals surface area contributed by atoms with Gasteiger partial charge in [0.2, 0.25) is 0 Å². The molecule has 2 saturated heterocycles. The van der Waals surface area contributed by atoms with Gasteiger partial charge in [0.25, 0.3) is 0 Å². The molecule has 0 spiro atoms. The molecule has 2 heterocycles. The van der Waals surface area contributed by atoms with E-state index in [1.807, 2.05) is 20.8 Å². The van der Waals surface area contributed by atoms with Crippen LogP contribution in [0.25, 0.3) is 0 Å². The fourth-order valence-electron chi connectivity index (χ4n) is 4.12. The Balaban J connectivity index is 0.000000351. The topological polar surface area (TPSA) is 135 Å². The van der Waals surface area contributed by atoms with Gasteiger partial charge >= 0.3 is 18.2 Å². The van der Waals surface area contributed by atoms with E-state index in [4.69, 9.17) is 24.1 Å². The zero-order valence-corrected chi connectivity index (χ0v) is 22.4. The summed E-state index contributed by atoms with van der Waals surface area (Å²) in [5, 5.41) is 18.4. The molecule has 0 saturated carbocycles. The molecule has 11 nitrogen and oxygen atoms in total. The third-order valence-electron chi connectivity index (χ3n) is 5.45. The average molecular weight is 505 g/mol. The monoisotopic (exact) mass is 504 g/mol. The lowest BCUT2D eigenvalue weighted by atomic mass is 10.1. The van der Waals surface area contributed by atoms with E-state index < -0.39 is 29.3 Å². The van der Waals surface area contributed by atoms with E-state index in [0.29, 0.717) is 32.7 Å². The first-order valence-corrected chi connectivity index (χ1v) is 11.9. The Morgan fingerprint density at radius 2 is 1.23 bits per heavy atom. The minimum absolute atomic E-state index is 0.0283. The normalized spacial score (nSPS) is 24.6. The fraction of sp³-hybridized carbons (Fsp3) is 0.875. The summed E-state index contributed by atoms with van der Waals surface area (Å²) in [5.74, 6) is -0.673. The number of methoxy groups -OCH3 is 2. The summed E-state index contributed by atoms with van der Waals surface area (Å²) >= 11 is 0. The highest BCUT2D eigenvalue weighted by atomic mass is 16.6. The number of carboxylic acid groups (broad SMARTS) is 1. The van der Waals surface area contributed by atoms with E-state index in [1.54, 1.807) is 39.9 Å². The van der Waals surface area contributed by atoms with Gasteiger partial charge in [0.15, 0.2) is 0 Å². The third-order valence-corrected chi connectivity index (χ3v) is 5.45. The van der Waals surface area contributed by atoms with Crippen molar-refractivity contribution in [2.45, 2.75) is 77.7 Å². The maximum Gasteiger partial charge on any atom is 0.411 e. The summed E-state index contributed by atoms with van der Waals surface area (Å²) in [7, 11) is 3.20. The second-order valence-electron chi connectivity index (χ2n) is 11.1. The molecule has 204 valence electrons.